The van der Waals surface area contributed by atoms with Crippen LogP contribution in [-0.2, 0) is 13.6 Å². The Kier molecular flexibility index (Phi) is 6.38. The third-order valence-electron chi connectivity index (χ3n) is 2.34. The van der Waals surface area contributed by atoms with Crippen LogP contribution in [0.5, 0.6) is 0 Å². The van der Waals surface area contributed by atoms with E-state index >= 15 is 0 Å². The molecule has 1 rings (SSSR count). The lowest BCUT2D eigenvalue weighted by Crippen LogP contribution is -2.22. The van der Waals surface area contributed by atoms with Gasteiger partial charge >= 0.3 is 9.28 Å². The Labute approximate surface area is 87.8 Å². The summed E-state index contributed by atoms with van der Waals surface area (Å²) in [5.74, 6) is 0. The van der Waals surface area contributed by atoms with Gasteiger partial charge < -0.3 is 18.9 Å². The van der Waals surface area contributed by atoms with Crippen molar-refractivity contribution in [2.24, 2.45) is 0 Å². The molecule has 1 unspecified atom stereocenters. The maximum Gasteiger partial charge on any atom is 0.320 e. The second-order valence-electron chi connectivity index (χ2n) is 3.56. The van der Waals surface area contributed by atoms with E-state index in [0.717, 1.165) is 25.7 Å². The highest BCUT2D eigenvalue weighted by Crippen LogP contribution is 2.06. The van der Waals surface area contributed by atoms with E-state index < -0.39 is 9.28 Å². The molecule has 0 aromatic rings. The summed E-state index contributed by atoms with van der Waals surface area (Å²) in [5, 5.41) is 3.37. The van der Waals surface area contributed by atoms with Crippen molar-refractivity contribution >= 4 is 9.28 Å². The van der Waals surface area contributed by atoms with Gasteiger partial charge in [-0.2, -0.15) is 0 Å². The van der Waals surface area contributed by atoms with Crippen LogP contribution in [0, 0.1) is 0 Å². The number of rotatable bonds is 9. The predicted octanol–water partition coefficient (Wildman–Crippen LogP) is 0.268. The third-order valence-corrected chi connectivity index (χ3v) is 4.27. The van der Waals surface area contributed by atoms with Crippen LogP contribution in [0.2, 0.25) is 6.04 Å². The van der Waals surface area contributed by atoms with Crippen molar-refractivity contribution in [2.45, 2.75) is 25.0 Å². The lowest BCUT2D eigenvalue weighted by atomic mass is 10.3. The topological polar surface area (TPSA) is 43.0 Å². The molecule has 1 heterocycles. The SMILES string of the molecule is CO[SiH](CCCCNCC1CO1)OC. The van der Waals surface area contributed by atoms with E-state index in [0.29, 0.717) is 6.10 Å². The van der Waals surface area contributed by atoms with Gasteiger partial charge in [0.1, 0.15) is 0 Å². The zero-order chi connectivity index (χ0) is 10.2. The number of hydrogen-bond donors (Lipinski definition) is 1. The van der Waals surface area contributed by atoms with Crippen LogP contribution in [0.15, 0.2) is 0 Å². The number of nitrogens with one attached hydrogen (secondary N) is 1. The summed E-state index contributed by atoms with van der Waals surface area (Å²) in [4.78, 5) is 0. The Bertz CT molecular complexity index is 140. The normalized spacial score (nSPS) is 20.4. The number of ether oxygens (including phenoxy) is 1. The molecule has 14 heavy (non-hydrogen) atoms. The Morgan fingerprint density at radius 2 is 2.07 bits per heavy atom. The van der Waals surface area contributed by atoms with E-state index in [1.54, 1.807) is 14.2 Å². The molecule has 1 N–H and O–H groups in total. The Morgan fingerprint density at radius 3 is 2.64 bits per heavy atom. The first kappa shape index (κ1) is 12.1. The van der Waals surface area contributed by atoms with Crippen LogP contribution in [0.4, 0.5) is 0 Å². The third kappa shape index (κ3) is 5.72. The van der Waals surface area contributed by atoms with Gasteiger partial charge in [0.15, 0.2) is 0 Å². The summed E-state index contributed by atoms with van der Waals surface area (Å²) >= 11 is 0. The summed E-state index contributed by atoms with van der Waals surface area (Å²) < 4.78 is 15.6. The fourth-order valence-electron chi connectivity index (χ4n) is 1.34. The predicted molar refractivity (Wildman–Crippen MR) is 57.8 cm³/mol. The molecule has 0 saturated carbocycles. The quantitative estimate of drug-likeness (QED) is 0.343. The molecule has 4 nitrogen and oxygen atoms in total. The molecule has 0 aromatic carbocycles. The van der Waals surface area contributed by atoms with E-state index in [4.69, 9.17) is 13.6 Å². The van der Waals surface area contributed by atoms with Crippen LogP contribution in [-0.4, -0.2) is 49.3 Å². The summed E-state index contributed by atoms with van der Waals surface area (Å²) in [6, 6.07) is 1.11. The van der Waals surface area contributed by atoms with Gasteiger partial charge in [-0.3, -0.25) is 0 Å². The molecule has 0 spiro atoms. The van der Waals surface area contributed by atoms with Crippen LogP contribution in [0.1, 0.15) is 12.8 Å². The molecule has 0 bridgehead atoms. The van der Waals surface area contributed by atoms with Gasteiger partial charge in [-0.1, -0.05) is 6.42 Å². The largest absolute Gasteiger partial charge is 0.400 e. The molecule has 1 fully saturated rings. The minimum atomic E-state index is -1.30. The molecule has 1 saturated heterocycles. The molecule has 1 aliphatic heterocycles. The first-order valence-corrected chi connectivity index (χ1v) is 7.00. The maximum absolute atomic E-state index is 5.23. The van der Waals surface area contributed by atoms with E-state index in [-0.39, 0.29) is 0 Å². The summed E-state index contributed by atoms with van der Waals surface area (Å²) in [5.41, 5.74) is 0. The molecule has 1 aliphatic rings. The van der Waals surface area contributed by atoms with Crippen LogP contribution >= 0.6 is 0 Å². The first-order chi connectivity index (χ1) is 6.86. The maximum atomic E-state index is 5.23. The number of unbranched alkanes of at least 4 members (excludes halogenated alkanes) is 1. The van der Waals surface area contributed by atoms with Gasteiger partial charge in [0.25, 0.3) is 0 Å². The van der Waals surface area contributed by atoms with E-state index in [9.17, 15) is 0 Å². The smallest absolute Gasteiger partial charge is 0.320 e. The number of epoxide rings is 1. The zero-order valence-electron chi connectivity index (χ0n) is 9.12. The van der Waals surface area contributed by atoms with Gasteiger partial charge in [0, 0.05) is 20.8 Å². The molecular weight excluding hydrogens is 198 g/mol. The van der Waals surface area contributed by atoms with Crippen LogP contribution in [0.3, 0.4) is 0 Å². The number of hydrogen-bond acceptors (Lipinski definition) is 4. The highest BCUT2D eigenvalue weighted by molar-refractivity contribution is 6.44. The fourth-order valence-corrected chi connectivity index (χ4v) is 2.63. The Morgan fingerprint density at radius 1 is 1.36 bits per heavy atom. The molecular formula is C9H21NO3Si. The summed E-state index contributed by atoms with van der Waals surface area (Å²) in [7, 11) is 2.17. The second-order valence-corrected chi connectivity index (χ2v) is 5.94. The van der Waals surface area contributed by atoms with Crippen molar-refractivity contribution in [2.75, 3.05) is 33.9 Å². The summed E-state index contributed by atoms with van der Waals surface area (Å²) in [6.45, 7) is 3.03. The molecule has 0 radical (unpaired) electrons. The highest BCUT2D eigenvalue weighted by Gasteiger charge is 2.20. The van der Waals surface area contributed by atoms with E-state index in [1.165, 1.54) is 12.8 Å². The van der Waals surface area contributed by atoms with Crippen molar-refractivity contribution in [3.05, 3.63) is 0 Å². The average molecular weight is 219 g/mol. The lowest BCUT2D eigenvalue weighted by molar-refractivity contribution is 0.276. The van der Waals surface area contributed by atoms with Gasteiger partial charge in [0.05, 0.1) is 12.7 Å². The minimum absolute atomic E-state index is 0.495. The van der Waals surface area contributed by atoms with Gasteiger partial charge in [0.2, 0.25) is 0 Å². The first-order valence-electron chi connectivity index (χ1n) is 5.24. The lowest BCUT2D eigenvalue weighted by Gasteiger charge is -2.10. The molecule has 0 aliphatic carbocycles. The van der Waals surface area contributed by atoms with Crippen molar-refractivity contribution < 1.29 is 13.6 Å². The van der Waals surface area contributed by atoms with Crippen LogP contribution < -0.4 is 5.32 Å². The van der Waals surface area contributed by atoms with Gasteiger partial charge in [-0.25, -0.2) is 0 Å². The average Bonchev–Trinajstić information content (AvgIpc) is 3.01. The highest BCUT2D eigenvalue weighted by atomic mass is 28.3. The summed E-state index contributed by atoms with van der Waals surface area (Å²) in [6.07, 6.45) is 2.88. The molecule has 1 atom stereocenters. The molecule has 84 valence electrons. The van der Waals surface area contributed by atoms with Gasteiger partial charge in [-0.15, -0.1) is 0 Å². The van der Waals surface area contributed by atoms with Crippen LogP contribution in [0.25, 0.3) is 0 Å². The zero-order valence-corrected chi connectivity index (χ0v) is 10.3. The monoisotopic (exact) mass is 219 g/mol. The van der Waals surface area contributed by atoms with Crippen molar-refractivity contribution in [1.82, 2.24) is 5.32 Å². The van der Waals surface area contributed by atoms with Crippen molar-refractivity contribution in [3.8, 4) is 0 Å². The molecule has 0 amide bonds. The fraction of sp³-hybridized carbons (Fsp3) is 1.00. The second kappa shape index (κ2) is 7.36. The minimum Gasteiger partial charge on any atom is -0.400 e. The Balaban J connectivity index is 1.78. The molecule has 5 heteroatoms. The van der Waals surface area contributed by atoms with Crippen molar-refractivity contribution in [3.63, 3.8) is 0 Å². The Hall–Kier alpha value is 0.0569. The van der Waals surface area contributed by atoms with Crippen molar-refractivity contribution in [1.29, 1.82) is 0 Å². The van der Waals surface area contributed by atoms with Gasteiger partial charge in [-0.05, 0) is 19.0 Å². The standard InChI is InChI=1S/C9H21NO3Si/c1-11-14(12-2)6-4-3-5-10-7-9-8-13-9/h9-10,14H,3-8H2,1-2H3. The van der Waals surface area contributed by atoms with E-state index in [1.807, 2.05) is 0 Å². The molecule has 0 aromatic heterocycles. The van der Waals surface area contributed by atoms with E-state index in [2.05, 4.69) is 5.32 Å².